The highest BCUT2D eigenvalue weighted by Crippen LogP contribution is 2.42. The first-order valence-corrected chi connectivity index (χ1v) is 16.3. The van der Waals surface area contributed by atoms with Crippen LogP contribution in [-0.4, -0.2) is 43.2 Å². The standard InChI is InChI=1S/C35H36N6O5S/c1-23-31(22-47-35-38-39-40-41(35)2)45-33(46-32(23)26-12-10-25(21-42)11-13-26)27-14-8-24(9-15-27)20-36-34(43)37-28-16-18-30(19-17-28)44-29-6-4-3-5-7-29/h3-19,23,31-33,42H,20-22H2,1-2H3,(H2,36,37,43)/t23-,31+,32+,33+/m0/s1. The minimum absolute atomic E-state index is 0.0152. The van der Waals surface area contributed by atoms with Gasteiger partial charge in [0.2, 0.25) is 5.16 Å². The maximum absolute atomic E-state index is 12.6. The van der Waals surface area contributed by atoms with Crippen LogP contribution in [0.3, 0.4) is 0 Å². The summed E-state index contributed by atoms with van der Waals surface area (Å²) in [7, 11) is 1.81. The lowest BCUT2D eigenvalue weighted by Crippen LogP contribution is -2.38. The van der Waals surface area contributed by atoms with E-state index in [0.717, 1.165) is 28.0 Å². The van der Waals surface area contributed by atoms with Crippen LogP contribution in [0.25, 0.3) is 0 Å². The van der Waals surface area contributed by atoms with Crippen LogP contribution < -0.4 is 15.4 Å². The number of benzene rings is 4. The molecular formula is C35H36N6O5S. The number of para-hydroxylation sites is 1. The number of hydrogen-bond donors (Lipinski definition) is 3. The van der Waals surface area contributed by atoms with E-state index in [1.54, 1.807) is 16.8 Å². The Balaban J connectivity index is 1.07. The van der Waals surface area contributed by atoms with Crippen LogP contribution in [0.4, 0.5) is 10.5 Å². The minimum Gasteiger partial charge on any atom is -0.457 e. The second kappa shape index (κ2) is 15.2. The van der Waals surface area contributed by atoms with Gasteiger partial charge in [-0.2, -0.15) is 0 Å². The molecule has 12 heteroatoms. The molecule has 2 heterocycles. The molecule has 11 nitrogen and oxygen atoms in total. The predicted octanol–water partition coefficient (Wildman–Crippen LogP) is 6.40. The Labute approximate surface area is 277 Å². The normalized spacial score (nSPS) is 19.2. The monoisotopic (exact) mass is 652 g/mol. The number of tetrazole rings is 1. The molecule has 47 heavy (non-hydrogen) atoms. The molecule has 4 aromatic carbocycles. The number of nitrogens with zero attached hydrogens (tertiary/aromatic N) is 4. The number of amides is 2. The fourth-order valence-corrected chi connectivity index (χ4v) is 6.20. The van der Waals surface area contributed by atoms with E-state index < -0.39 is 6.29 Å². The zero-order chi connectivity index (χ0) is 32.6. The van der Waals surface area contributed by atoms with Crippen molar-refractivity contribution in [2.75, 3.05) is 11.1 Å². The quantitative estimate of drug-likeness (QED) is 0.139. The number of carbonyl (C=O) groups excluding carboxylic acids is 1. The lowest BCUT2D eigenvalue weighted by atomic mass is 9.91. The Kier molecular flexibility index (Phi) is 10.4. The lowest BCUT2D eigenvalue weighted by Gasteiger charge is -2.41. The third kappa shape index (κ3) is 8.35. The van der Waals surface area contributed by atoms with Gasteiger partial charge in [0, 0.05) is 36.5 Å². The lowest BCUT2D eigenvalue weighted by molar-refractivity contribution is -0.268. The third-order valence-electron chi connectivity index (χ3n) is 7.88. The first kappa shape index (κ1) is 32.2. The maximum atomic E-state index is 12.6. The van der Waals surface area contributed by atoms with E-state index in [2.05, 4.69) is 33.1 Å². The van der Waals surface area contributed by atoms with Gasteiger partial charge in [-0.05, 0) is 63.5 Å². The molecule has 242 valence electrons. The molecule has 0 unspecified atom stereocenters. The van der Waals surface area contributed by atoms with Gasteiger partial charge >= 0.3 is 6.03 Å². The zero-order valence-electron chi connectivity index (χ0n) is 26.0. The van der Waals surface area contributed by atoms with Crippen molar-refractivity contribution >= 4 is 23.5 Å². The van der Waals surface area contributed by atoms with Gasteiger partial charge in [-0.1, -0.05) is 85.4 Å². The highest BCUT2D eigenvalue weighted by molar-refractivity contribution is 7.99. The number of aryl methyl sites for hydroxylation is 1. The number of anilines is 1. The number of aliphatic hydroxyl groups is 1. The number of nitrogens with one attached hydrogen (secondary N) is 2. The van der Waals surface area contributed by atoms with Gasteiger partial charge < -0.3 is 30.0 Å². The molecule has 2 amide bonds. The molecule has 6 rings (SSSR count). The van der Waals surface area contributed by atoms with Crippen LogP contribution in [0, 0.1) is 5.92 Å². The van der Waals surface area contributed by atoms with Gasteiger partial charge in [-0.15, -0.1) is 5.10 Å². The summed E-state index contributed by atoms with van der Waals surface area (Å²) in [6, 6.07) is 32.1. The summed E-state index contributed by atoms with van der Waals surface area (Å²) >= 11 is 1.54. The van der Waals surface area contributed by atoms with Gasteiger partial charge in [0.25, 0.3) is 0 Å². The van der Waals surface area contributed by atoms with E-state index in [9.17, 15) is 9.90 Å². The maximum Gasteiger partial charge on any atom is 0.319 e. The number of urea groups is 1. The SMILES string of the molecule is C[C@H]1[C@@H](CSc2nnnn2C)O[C@@H](c2ccc(CNC(=O)Nc3ccc(Oc4ccccc4)cc3)cc2)O[C@H]1c1ccc(CO)cc1. The summed E-state index contributed by atoms with van der Waals surface area (Å²) in [5.41, 5.74) is 4.32. The van der Waals surface area contributed by atoms with Crippen LogP contribution in [0.2, 0.25) is 0 Å². The molecule has 3 N–H and O–H groups in total. The molecule has 1 aliphatic heterocycles. The summed E-state index contributed by atoms with van der Waals surface area (Å²) in [6.45, 7) is 2.45. The molecular weight excluding hydrogens is 616 g/mol. The Bertz CT molecular complexity index is 1740. The third-order valence-corrected chi connectivity index (χ3v) is 8.98. The molecule has 5 aromatic rings. The number of aliphatic hydroxyl groups excluding tert-OH is 1. The fraction of sp³-hybridized carbons (Fsp3) is 0.257. The molecule has 4 atom stereocenters. The van der Waals surface area contributed by atoms with Crippen LogP contribution in [-0.2, 0) is 29.7 Å². The number of hydrogen-bond acceptors (Lipinski definition) is 9. The van der Waals surface area contributed by atoms with E-state index >= 15 is 0 Å². The van der Waals surface area contributed by atoms with Crippen molar-refractivity contribution in [1.82, 2.24) is 25.5 Å². The first-order valence-electron chi connectivity index (χ1n) is 15.3. The molecule has 1 aromatic heterocycles. The van der Waals surface area contributed by atoms with Gasteiger partial charge in [0.1, 0.15) is 11.5 Å². The number of aromatic nitrogens is 4. The first-order chi connectivity index (χ1) is 22.9. The summed E-state index contributed by atoms with van der Waals surface area (Å²) < 4.78 is 20.5. The van der Waals surface area contributed by atoms with Crippen LogP contribution >= 0.6 is 11.8 Å². The van der Waals surface area contributed by atoms with Crippen molar-refractivity contribution in [2.45, 2.75) is 43.7 Å². The number of thioether (sulfide) groups is 1. The molecule has 0 aliphatic carbocycles. The molecule has 0 radical (unpaired) electrons. The zero-order valence-corrected chi connectivity index (χ0v) is 26.8. The van der Waals surface area contributed by atoms with Gasteiger partial charge in [-0.25, -0.2) is 9.48 Å². The topological polar surface area (TPSA) is 133 Å². The van der Waals surface area contributed by atoms with Crippen LogP contribution in [0.15, 0.2) is 108 Å². The smallest absolute Gasteiger partial charge is 0.319 e. The van der Waals surface area contributed by atoms with Crippen molar-refractivity contribution in [3.05, 3.63) is 125 Å². The average Bonchev–Trinajstić information content (AvgIpc) is 3.52. The van der Waals surface area contributed by atoms with Crippen molar-refractivity contribution in [1.29, 1.82) is 0 Å². The predicted molar refractivity (Wildman–Crippen MR) is 178 cm³/mol. The second-order valence-corrected chi connectivity index (χ2v) is 12.2. The highest BCUT2D eigenvalue weighted by atomic mass is 32.2. The molecule has 1 fully saturated rings. The van der Waals surface area contributed by atoms with Crippen molar-refractivity contribution in [2.24, 2.45) is 13.0 Å². The summed E-state index contributed by atoms with van der Waals surface area (Å²) in [6.07, 6.45) is -0.980. The van der Waals surface area contributed by atoms with Gasteiger partial charge in [0.15, 0.2) is 6.29 Å². The minimum atomic E-state index is -0.601. The second-order valence-electron chi connectivity index (χ2n) is 11.2. The Morgan fingerprint density at radius 1 is 0.894 bits per heavy atom. The van der Waals surface area contributed by atoms with E-state index in [4.69, 9.17) is 14.2 Å². The molecule has 1 saturated heterocycles. The van der Waals surface area contributed by atoms with Gasteiger partial charge in [-0.3, -0.25) is 0 Å². The van der Waals surface area contributed by atoms with Crippen molar-refractivity contribution < 1.29 is 24.1 Å². The average molecular weight is 653 g/mol. The van der Waals surface area contributed by atoms with Crippen molar-refractivity contribution in [3.63, 3.8) is 0 Å². The Morgan fingerprint density at radius 3 is 2.26 bits per heavy atom. The summed E-state index contributed by atoms with van der Waals surface area (Å²) in [5, 5.41) is 27.7. The number of rotatable bonds is 11. The summed E-state index contributed by atoms with van der Waals surface area (Å²) in [5.74, 6) is 2.10. The van der Waals surface area contributed by atoms with Gasteiger partial charge in [0.05, 0.1) is 18.8 Å². The number of ether oxygens (including phenoxy) is 3. The van der Waals surface area contributed by atoms with E-state index in [1.807, 2.05) is 98.0 Å². The molecule has 0 saturated carbocycles. The Morgan fingerprint density at radius 2 is 1.57 bits per heavy atom. The van der Waals surface area contributed by atoms with Crippen LogP contribution in [0.5, 0.6) is 11.5 Å². The van der Waals surface area contributed by atoms with E-state index in [0.29, 0.717) is 28.9 Å². The largest absolute Gasteiger partial charge is 0.457 e. The van der Waals surface area contributed by atoms with E-state index in [1.165, 1.54) is 11.8 Å². The summed E-state index contributed by atoms with van der Waals surface area (Å²) in [4.78, 5) is 12.6. The van der Waals surface area contributed by atoms with Crippen LogP contribution in [0.1, 0.15) is 41.6 Å². The Hall–Kier alpha value is -4.75. The van der Waals surface area contributed by atoms with E-state index in [-0.39, 0.29) is 30.8 Å². The molecule has 0 spiro atoms. The fourth-order valence-electron chi connectivity index (χ4n) is 5.19. The highest BCUT2D eigenvalue weighted by Gasteiger charge is 2.38. The molecule has 1 aliphatic rings. The van der Waals surface area contributed by atoms with Crippen molar-refractivity contribution in [3.8, 4) is 11.5 Å². The number of carbonyl (C=O) groups is 1. The molecule has 0 bridgehead atoms.